The number of aromatic nitrogens is 4. The molecule has 0 bridgehead atoms. The summed E-state index contributed by atoms with van der Waals surface area (Å²) >= 11 is 6.41. The van der Waals surface area contributed by atoms with Crippen molar-refractivity contribution in [3.63, 3.8) is 0 Å². The summed E-state index contributed by atoms with van der Waals surface area (Å²) in [5, 5.41) is 13.3. The summed E-state index contributed by atoms with van der Waals surface area (Å²) in [7, 11) is 0. The van der Waals surface area contributed by atoms with E-state index in [4.69, 9.17) is 11.6 Å². The van der Waals surface area contributed by atoms with E-state index in [9.17, 15) is 0 Å². The summed E-state index contributed by atoms with van der Waals surface area (Å²) < 4.78 is 1.94. The van der Waals surface area contributed by atoms with Crippen molar-refractivity contribution in [1.82, 2.24) is 25.1 Å². The van der Waals surface area contributed by atoms with Gasteiger partial charge in [-0.15, -0.1) is 5.10 Å². The van der Waals surface area contributed by atoms with Crippen molar-refractivity contribution in [2.75, 3.05) is 0 Å². The van der Waals surface area contributed by atoms with Gasteiger partial charge in [0, 0.05) is 18.1 Å². The molecule has 3 aromatic rings. The van der Waals surface area contributed by atoms with Crippen molar-refractivity contribution < 1.29 is 0 Å². The molecule has 0 fully saturated rings. The molecule has 0 radical (unpaired) electrons. The van der Waals surface area contributed by atoms with Crippen LogP contribution in [0.2, 0.25) is 5.02 Å². The van der Waals surface area contributed by atoms with E-state index in [-0.39, 0.29) is 5.54 Å². The third-order valence-electron chi connectivity index (χ3n) is 4.94. The molecule has 6 heteroatoms. The minimum Gasteiger partial charge on any atom is -0.287 e. The number of benzene rings is 2. The topological polar surface area (TPSA) is 46.8 Å². The first kappa shape index (κ1) is 19.5. The fourth-order valence-corrected chi connectivity index (χ4v) is 3.20. The molecule has 3 rings (SSSR count). The third-order valence-corrected chi connectivity index (χ3v) is 5.31. The van der Waals surface area contributed by atoms with Crippen LogP contribution < -0.4 is 0 Å². The maximum atomic E-state index is 6.41. The molecule has 5 nitrogen and oxygen atoms in total. The van der Waals surface area contributed by atoms with Crippen LogP contribution in [0.25, 0.3) is 0 Å². The molecule has 27 heavy (non-hydrogen) atoms. The van der Waals surface area contributed by atoms with Gasteiger partial charge < -0.3 is 0 Å². The standard InChI is InChI=1S/C21H26ClN5/c1-4-21(2,3)27-20(23-24-25-27)16-26(14-17-10-6-5-7-11-17)15-18-12-8-9-13-19(18)22/h5-13H,4,14-16H2,1-3H3. The molecule has 0 atom stereocenters. The summed E-state index contributed by atoms with van der Waals surface area (Å²) in [6, 6.07) is 18.4. The molecule has 2 aromatic carbocycles. The lowest BCUT2D eigenvalue weighted by Gasteiger charge is -2.27. The summed E-state index contributed by atoms with van der Waals surface area (Å²) in [6.45, 7) is 8.64. The van der Waals surface area contributed by atoms with Crippen molar-refractivity contribution >= 4 is 11.6 Å². The Morgan fingerprint density at radius 1 is 0.963 bits per heavy atom. The van der Waals surface area contributed by atoms with Crippen molar-refractivity contribution in [1.29, 1.82) is 0 Å². The van der Waals surface area contributed by atoms with Gasteiger partial charge in [0.25, 0.3) is 0 Å². The van der Waals surface area contributed by atoms with Gasteiger partial charge in [-0.25, -0.2) is 4.68 Å². The van der Waals surface area contributed by atoms with Gasteiger partial charge in [-0.05, 0) is 47.9 Å². The van der Waals surface area contributed by atoms with Crippen LogP contribution in [-0.4, -0.2) is 25.1 Å². The molecule has 0 amide bonds. The predicted molar refractivity (Wildman–Crippen MR) is 108 cm³/mol. The lowest BCUT2D eigenvalue weighted by atomic mass is 10.0. The van der Waals surface area contributed by atoms with E-state index >= 15 is 0 Å². The first-order chi connectivity index (χ1) is 13.0. The fourth-order valence-electron chi connectivity index (χ4n) is 3.00. The van der Waals surface area contributed by atoms with Gasteiger partial charge in [0.05, 0.1) is 12.1 Å². The van der Waals surface area contributed by atoms with Crippen molar-refractivity contribution in [3.05, 3.63) is 76.6 Å². The summed E-state index contributed by atoms with van der Waals surface area (Å²) in [5.74, 6) is 0.866. The van der Waals surface area contributed by atoms with Gasteiger partial charge in [0.2, 0.25) is 0 Å². The van der Waals surface area contributed by atoms with Gasteiger partial charge >= 0.3 is 0 Å². The van der Waals surface area contributed by atoms with E-state index in [1.165, 1.54) is 5.56 Å². The quantitative estimate of drug-likeness (QED) is 0.566. The van der Waals surface area contributed by atoms with E-state index in [1.807, 2.05) is 28.9 Å². The first-order valence-electron chi connectivity index (χ1n) is 9.27. The molecule has 0 spiro atoms. The predicted octanol–water partition coefficient (Wildman–Crippen LogP) is 4.67. The fraction of sp³-hybridized carbons (Fsp3) is 0.381. The van der Waals surface area contributed by atoms with E-state index in [0.717, 1.165) is 35.9 Å². The number of nitrogens with zero attached hydrogens (tertiary/aromatic N) is 5. The maximum absolute atomic E-state index is 6.41. The Kier molecular flexibility index (Phi) is 6.24. The lowest BCUT2D eigenvalue weighted by Crippen LogP contribution is -2.32. The van der Waals surface area contributed by atoms with Crippen LogP contribution >= 0.6 is 11.6 Å². The normalized spacial score (nSPS) is 11.9. The zero-order valence-electron chi connectivity index (χ0n) is 16.1. The monoisotopic (exact) mass is 383 g/mol. The first-order valence-corrected chi connectivity index (χ1v) is 9.65. The van der Waals surface area contributed by atoms with Crippen LogP contribution in [0.5, 0.6) is 0 Å². The molecule has 0 aliphatic heterocycles. The molecule has 1 heterocycles. The van der Waals surface area contributed by atoms with Crippen LogP contribution in [0.1, 0.15) is 44.1 Å². The second-order valence-corrected chi connectivity index (χ2v) is 7.80. The smallest absolute Gasteiger partial charge is 0.165 e. The number of halogens is 1. The molecule has 142 valence electrons. The molecule has 0 aliphatic rings. The molecular formula is C21H26ClN5. The van der Waals surface area contributed by atoms with Gasteiger partial charge in [-0.3, -0.25) is 4.90 Å². The zero-order chi connectivity index (χ0) is 19.3. The number of hydrogen-bond acceptors (Lipinski definition) is 4. The van der Waals surface area contributed by atoms with Crippen LogP contribution in [0.15, 0.2) is 54.6 Å². The van der Waals surface area contributed by atoms with E-state index in [1.54, 1.807) is 0 Å². The average molecular weight is 384 g/mol. The van der Waals surface area contributed by atoms with Crippen LogP contribution in [-0.2, 0) is 25.2 Å². The Bertz CT molecular complexity index is 860. The molecular weight excluding hydrogens is 358 g/mol. The summed E-state index contributed by atoms with van der Waals surface area (Å²) in [5.41, 5.74) is 2.23. The van der Waals surface area contributed by atoms with E-state index in [2.05, 4.69) is 71.5 Å². The largest absolute Gasteiger partial charge is 0.287 e. The highest BCUT2D eigenvalue weighted by atomic mass is 35.5. The minimum absolute atomic E-state index is 0.123. The maximum Gasteiger partial charge on any atom is 0.165 e. The van der Waals surface area contributed by atoms with Crippen molar-refractivity contribution in [2.45, 2.75) is 52.4 Å². The Morgan fingerprint density at radius 2 is 1.67 bits per heavy atom. The lowest BCUT2D eigenvalue weighted by molar-refractivity contribution is 0.217. The highest BCUT2D eigenvalue weighted by Gasteiger charge is 2.24. The minimum atomic E-state index is -0.123. The Labute approximate surface area is 166 Å². The number of hydrogen-bond donors (Lipinski definition) is 0. The highest BCUT2D eigenvalue weighted by Crippen LogP contribution is 2.22. The van der Waals surface area contributed by atoms with Crippen LogP contribution in [0.4, 0.5) is 0 Å². The molecule has 0 aliphatic carbocycles. The number of rotatable bonds is 8. The second-order valence-electron chi connectivity index (χ2n) is 7.40. The average Bonchev–Trinajstić information content (AvgIpc) is 3.13. The molecule has 1 aromatic heterocycles. The van der Waals surface area contributed by atoms with E-state index < -0.39 is 0 Å². The number of tetrazole rings is 1. The van der Waals surface area contributed by atoms with Crippen molar-refractivity contribution in [2.24, 2.45) is 0 Å². The van der Waals surface area contributed by atoms with Crippen molar-refractivity contribution in [3.8, 4) is 0 Å². The summed E-state index contributed by atoms with van der Waals surface area (Å²) in [4.78, 5) is 2.32. The third kappa shape index (κ3) is 4.93. The Morgan fingerprint density at radius 3 is 2.37 bits per heavy atom. The zero-order valence-corrected chi connectivity index (χ0v) is 16.9. The Hall–Kier alpha value is -2.24. The molecule has 0 saturated carbocycles. The highest BCUT2D eigenvalue weighted by molar-refractivity contribution is 6.31. The molecule has 0 N–H and O–H groups in total. The Balaban J connectivity index is 1.86. The van der Waals surface area contributed by atoms with Crippen LogP contribution in [0, 0.1) is 0 Å². The van der Waals surface area contributed by atoms with E-state index in [0.29, 0.717) is 6.54 Å². The van der Waals surface area contributed by atoms with Gasteiger partial charge in [0.1, 0.15) is 0 Å². The van der Waals surface area contributed by atoms with Crippen LogP contribution in [0.3, 0.4) is 0 Å². The summed E-state index contributed by atoms with van der Waals surface area (Å²) in [6.07, 6.45) is 0.953. The van der Waals surface area contributed by atoms with Gasteiger partial charge in [0.15, 0.2) is 5.82 Å². The van der Waals surface area contributed by atoms with Gasteiger partial charge in [-0.1, -0.05) is 67.1 Å². The van der Waals surface area contributed by atoms with Gasteiger partial charge in [-0.2, -0.15) is 0 Å². The SMILES string of the molecule is CCC(C)(C)n1nnnc1CN(Cc1ccccc1)Cc1ccccc1Cl. The molecule has 0 unspecified atom stereocenters. The second kappa shape index (κ2) is 8.63. The molecule has 0 saturated heterocycles.